The van der Waals surface area contributed by atoms with Crippen LogP contribution in [0.5, 0.6) is 0 Å². The Balaban J connectivity index is 1.86. The number of sulfonamides is 1. The van der Waals surface area contributed by atoms with Crippen LogP contribution in [0.4, 0.5) is 5.69 Å². The van der Waals surface area contributed by atoms with Gasteiger partial charge >= 0.3 is 0 Å². The summed E-state index contributed by atoms with van der Waals surface area (Å²) in [5.74, 6) is 1.47. The minimum Gasteiger partial charge on any atom is -0.466 e. The molecule has 1 aromatic carbocycles. The van der Waals surface area contributed by atoms with Crippen LogP contribution in [0.15, 0.2) is 38.0 Å². The van der Waals surface area contributed by atoms with Crippen LogP contribution in [0.25, 0.3) is 0 Å². The first kappa shape index (κ1) is 21.1. The van der Waals surface area contributed by atoms with Gasteiger partial charge < -0.3 is 14.6 Å². The summed E-state index contributed by atoms with van der Waals surface area (Å²) in [4.78, 5) is 14.6. The Morgan fingerprint density at radius 3 is 2.59 bits per heavy atom. The van der Waals surface area contributed by atoms with Crippen molar-refractivity contribution in [2.45, 2.75) is 51.3 Å². The van der Waals surface area contributed by atoms with Gasteiger partial charge in [-0.25, -0.2) is 0 Å². The number of carbonyl (C=O) groups is 1. The minimum absolute atomic E-state index is 0.0530. The quantitative estimate of drug-likeness (QED) is 0.810. The van der Waals surface area contributed by atoms with Crippen molar-refractivity contribution >= 4 is 27.5 Å². The molecule has 1 amide bonds. The van der Waals surface area contributed by atoms with E-state index in [0.717, 1.165) is 31.4 Å². The molecule has 1 fully saturated rings. The monoisotopic (exact) mass is 417 g/mol. The maximum Gasteiger partial charge on any atom is 0.284 e. The SMILES string of the molecule is Cc1oc(C)c(C(=O)Nc2cccc(S(=O)(=O)/N=C3\CCCCCN3C)c2)c1C. The summed E-state index contributed by atoms with van der Waals surface area (Å²) in [6.45, 7) is 6.15. The van der Waals surface area contributed by atoms with Gasteiger partial charge in [-0.05, 0) is 51.8 Å². The molecule has 0 aliphatic carbocycles. The Labute approximate surface area is 171 Å². The maximum atomic E-state index is 12.8. The highest BCUT2D eigenvalue weighted by molar-refractivity contribution is 7.90. The predicted molar refractivity (Wildman–Crippen MR) is 113 cm³/mol. The third-order valence-electron chi connectivity index (χ3n) is 5.24. The summed E-state index contributed by atoms with van der Waals surface area (Å²) in [5, 5.41) is 2.77. The molecule has 156 valence electrons. The van der Waals surface area contributed by atoms with Crippen LogP contribution in [-0.2, 0) is 10.0 Å². The Hall–Kier alpha value is -2.61. The zero-order chi connectivity index (χ0) is 21.2. The van der Waals surface area contributed by atoms with Gasteiger partial charge in [-0.3, -0.25) is 4.79 Å². The first-order valence-corrected chi connectivity index (χ1v) is 11.2. The van der Waals surface area contributed by atoms with Crippen molar-refractivity contribution in [2.24, 2.45) is 4.40 Å². The smallest absolute Gasteiger partial charge is 0.284 e. The molecule has 29 heavy (non-hydrogen) atoms. The summed E-state index contributed by atoms with van der Waals surface area (Å²) in [6, 6.07) is 6.18. The van der Waals surface area contributed by atoms with Gasteiger partial charge in [0.2, 0.25) is 0 Å². The Morgan fingerprint density at radius 2 is 1.90 bits per heavy atom. The molecule has 1 N–H and O–H groups in total. The molecule has 1 aromatic heterocycles. The highest BCUT2D eigenvalue weighted by Gasteiger charge is 2.21. The average Bonchev–Trinajstić information content (AvgIpc) is 2.79. The number of amidine groups is 1. The molecular formula is C21H27N3O4S. The lowest BCUT2D eigenvalue weighted by molar-refractivity contribution is 0.102. The Bertz CT molecular complexity index is 1050. The van der Waals surface area contributed by atoms with Crippen molar-refractivity contribution in [1.29, 1.82) is 0 Å². The van der Waals surface area contributed by atoms with Crippen molar-refractivity contribution in [3.8, 4) is 0 Å². The van der Waals surface area contributed by atoms with Crippen LogP contribution in [0.3, 0.4) is 0 Å². The third kappa shape index (κ3) is 4.70. The second-order valence-electron chi connectivity index (χ2n) is 7.41. The van der Waals surface area contributed by atoms with E-state index in [0.29, 0.717) is 35.0 Å². The van der Waals surface area contributed by atoms with Gasteiger partial charge in [-0.1, -0.05) is 12.5 Å². The number of aryl methyl sites for hydroxylation is 2. The molecule has 1 saturated heterocycles. The number of carbonyl (C=O) groups excluding carboxylic acids is 1. The highest BCUT2D eigenvalue weighted by atomic mass is 32.2. The van der Waals surface area contributed by atoms with E-state index in [-0.39, 0.29) is 10.8 Å². The lowest BCUT2D eigenvalue weighted by Crippen LogP contribution is -2.26. The van der Waals surface area contributed by atoms with Crippen molar-refractivity contribution in [1.82, 2.24) is 4.90 Å². The molecule has 0 radical (unpaired) electrons. The summed E-state index contributed by atoms with van der Waals surface area (Å²) in [7, 11) is -2.00. The van der Waals surface area contributed by atoms with E-state index >= 15 is 0 Å². The fourth-order valence-electron chi connectivity index (χ4n) is 3.49. The number of amides is 1. The molecular weight excluding hydrogens is 390 g/mol. The first-order valence-electron chi connectivity index (χ1n) is 9.72. The molecule has 0 saturated carbocycles. The van der Waals surface area contributed by atoms with Crippen LogP contribution in [0, 0.1) is 20.8 Å². The zero-order valence-electron chi connectivity index (χ0n) is 17.3. The minimum atomic E-state index is -3.87. The number of benzene rings is 1. The standard InChI is InChI=1S/C21H27N3O4S/c1-14-15(2)28-16(3)20(14)21(25)22-17-9-8-10-18(13-17)29(26,27)23-19-11-6-5-7-12-24(19)4/h8-10,13H,5-7,11-12H2,1-4H3,(H,22,25)/b23-19+. The largest absolute Gasteiger partial charge is 0.466 e. The van der Waals surface area contributed by atoms with Crippen LogP contribution in [0.1, 0.15) is 53.1 Å². The molecule has 2 heterocycles. The van der Waals surface area contributed by atoms with E-state index in [2.05, 4.69) is 9.71 Å². The van der Waals surface area contributed by atoms with E-state index in [9.17, 15) is 13.2 Å². The molecule has 8 heteroatoms. The average molecular weight is 418 g/mol. The maximum absolute atomic E-state index is 12.8. The van der Waals surface area contributed by atoms with Gasteiger partial charge in [0.25, 0.3) is 15.9 Å². The van der Waals surface area contributed by atoms with E-state index in [1.165, 1.54) is 12.1 Å². The first-order chi connectivity index (χ1) is 13.7. The summed E-state index contributed by atoms with van der Waals surface area (Å²) in [5.41, 5.74) is 1.63. The molecule has 2 aromatic rings. The number of rotatable bonds is 4. The van der Waals surface area contributed by atoms with Crippen molar-refractivity contribution < 1.29 is 17.6 Å². The van der Waals surface area contributed by atoms with Gasteiger partial charge in [0.15, 0.2) is 0 Å². The predicted octanol–water partition coefficient (Wildman–Crippen LogP) is 4.05. The number of nitrogens with one attached hydrogen (secondary N) is 1. The number of nitrogens with zero attached hydrogens (tertiary/aromatic N) is 2. The summed E-state index contributed by atoms with van der Waals surface area (Å²) in [6.07, 6.45) is 3.67. The molecule has 7 nitrogen and oxygen atoms in total. The Kier molecular flexibility index (Phi) is 6.12. The fraction of sp³-hybridized carbons (Fsp3) is 0.429. The molecule has 3 rings (SSSR count). The number of anilines is 1. The number of furan rings is 1. The normalized spacial score (nSPS) is 16.7. The molecule has 0 atom stereocenters. The fourth-order valence-corrected chi connectivity index (χ4v) is 4.63. The third-order valence-corrected chi connectivity index (χ3v) is 6.54. The summed E-state index contributed by atoms with van der Waals surface area (Å²) >= 11 is 0. The van der Waals surface area contributed by atoms with Gasteiger partial charge in [-0.2, -0.15) is 8.42 Å². The zero-order valence-corrected chi connectivity index (χ0v) is 18.1. The molecule has 0 spiro atoms. The van der Waals surface area contributed by atoms with Gasteiger partial charge in [-0.15, -0.1) is 4.40 Å². The highest BCUT2D eigenvalue weighted by Crippen LogP contribution is 2.24. The second-order valence-corrected chi connectivity index (χ2v) is 9.02. The lowest BCUT2D eigenvalue weighted by Gasteiger charge is -2.17. The van der Waals surface area contributed by atoms with Crippen molar-refractivity contribution in [2.75, 3.05) is 18.9 Å². The molecule has 0 unspecified atom stereocenters. The number of likely N-dealkylation sites (tertiary alicyclic amines) is 1. The van der Waals surface area contributed by atoms with Crippen molar-refractivity contribution in [3.63, 3.8) is 0 Å². The van der Waals surface area contributed by atoms with Crippen molar-refractivity contribution in [3.05, 3.63) is 46.9 Å². The Morgan fingerprint density at radius 1 is 1.14 bits per heavy atom. The topological polar surface area (TPSA) is 92.0 Å². The van der Waals surface area contributed by atoms with E-state index in [1.807, 2.05) is 18.9 Å². The van der Waals surface area contributed by atoms with Gasteiger partial charge in [0.1, 0.15) is 17.4 Å². The van der Waals surface area contributed by atoms with Crippen LogP contribution in [-0.4, -0.2) is 38.7 Å². The van der Waals surface area contributed by atoms with Crippen LogP contribution in [0.2, 0.25) is 0 Å². The van der Waals surface area contributed by atoms with Gasteiger partial charge in [0.05, 0.1) is 10.5 Å². The second kappa shape index (κ2) is 8.41. The lowest BCUT2D eigenvalue weighted by atomic mass is 10.1. The molecule has 0 bridgehead atoms. The van der Waals surface area contributed by atoms with Gasteiger partial charge in [0, 0.05) is 31.3 Å². The molecule has 1 aliphatic heterocycles. The van der Waals surface area contributed by atoms with Crippen LogP contribution < -0.4 is 5.32 Å². The van der Waals surface area contributed by atoms with E-state index in [1.54, 1.807) is 26.0 Å². The van der Waals surface area contributed by atoms with E-state index in [4.69, 9.17) is 4.42 Å². The van der Waals surface area contributed by atoms with E-state index < -0.39 is 10.0 Å². The number of hydrogen-bond donors (Lipinski definition) is 1. The number of hydrogen-bond acceptors (Lipinski definition) is 4. The van der Waals surface area contributed by atoms with Crippen LogP contribution >= 0.6 is 0 Å². The molecule has 1 aliphatic rings. The summed E-state index contributed by atoms with van der Waals surface area (Å²) < 4.78 is 35.3.